The molecule has 5 nitrogen and oxygen atoms in total. The fraction of sp³-hybridized carbons (Fsp3) is 0. The minimum Gasteiger partial charge on any atom is -0.504 e. The van der Waals surface area contributed by atoms with Gasteiger partial charge in [0.15, 0.2) is 11.5 Å². The highest BCUT2D eigenvalue weighted by molar-refractivity contribution is 8.01. The van der Waals surface area contributed by atoms with Crippen LogP contribution >= 0.6 is 23.1 Å². The van der Waals surface area contributed by atoms with Gasteiger partial charge in [-0.25, -0.2) is 4.98 Å². The van der Waals surface area contributed by atoms with Crippen molar-refractivity contribution < 1.29 is 9.90 Å². The summed E-state index contributed by atoms with van der Waals surface area (Å²) >= 11 is 3.09. The lowest BCUT2D eigenvalue weighted by Gasteiger charge is -1.96. The van der Waals surface area contributed by atoms with Crippen molar-refractivity contribution in [3.05, 3.63) is 65.6 Å². The van der Waals surface area contributed by atoms with Gasteiger partial charge in [0.05, 0.1) is 4.21 Å². The number of aromatic nitrogens is 3. The Hall–Kier alpha value is -2.38. The summed E-state index contributed by atoms with van der Waals surface area (Å²) in [5, 5.41) is 17.7. The third kappa shape index (κ3) is 3.44. The van der Waals surface area contributed by atoms with Gasteiger partial charge in [-0.2, -0.15) is 5.10 Å². The quantitative estimate of drug-likeness (QED) is 0.423. The number of H-pyrrole nitrogens is 1. The molecule has 0 saturated heterocycles. The predicted octanol–water partition coefficient (Wildman–Crippen LogP) is 3.80. The molecule has 2 N–H and O–H groups in total. The number of benzene rings is 1. The molecule has 3 rings (SSSR count). The number of allylic oxidation sites excluding steroid dienone is 1. The highest BCUT2D eigenvalue weighted by atomic mass is 32.2. The molecule has 0 spiro atoms. The van der Waals surface area contributed by atoms with Crippen molar-refractivity contribution in [1.82, 2.24) is 15.2 Å². The summed E-state index contributed by atoms with van der Waals surface area (Å²) in [6.45, 7) is 0. The van der Waals surface area contributed by atoms with E-state index in [1.165, 1.54) is 17.7 Å². The number of carbonyl (C=O) groups is 1. The Kier molecular flexibility index (Phi) is 4.36. The Morgan fingerprint density at radius 2 is 2.14 bits per heavy atom. The van der Waals surface area contributed by atoms with Crippen LogP contribution in [0.1, 0.15) is 16.2 Å². The molecule has 0 atom stereocenters. The van der Waals surface area contributed by atoms with Crippen molar-refractivity contribution in [1.29, 1.82) is 0 Å². The molecule has 0 amide bonds. The normalized spacial score (nSPS) is 11.5. The minimum atomic E-state index is -0.279. The molecule has 0 aliphatic rings. The Morgan fingerprint density at radius 1 is 1.32 bits per heavy atom. The van der Waals surface area contributed by atoms with E-state index in [9.17, 15) is 9.90 Å². The molecule has 0 aliphatic carbocycles. The molecule has 0 aliphatic heterocycles. The average molecular weight is 329 g/mol. The molecule has 0 fully saturated rings. The van der Waals surface area contributed by atoms with Crippen molar-refractivity contribution in [2.45, 2.75) is 9.10 Å². The monoisotopic (exact) mass is 329 g/mol. The van der Waals surface area contributed by atoms with E-state index in [4.69, 9.17) is 0 Å². The van der Waals surface area contributed by atoms with Gasteiger partial charge in [0, 0.05) is 21.9 Å². The van der Waals surface area contributed by atoms with Gasteiger partial charge in [-0.3, -0.25) is 9.89 Å². The number of carbonyl (C=O) groups excluding carboxylic acids is 1. The number of aliphatic hydroxyl groups excluding tert-OH is 1. The van der Waals surface area contributed by atoms with E-state index in [0.29, 0.717) is 5.56 Å². The van der Waals surface area contributed by atoms with Crippen LogP contribution in [-0.4, -0.2) is 26.1 Å². The van der Waals surface area contributed by atoms with Crippen LogP contribution in [0.2, 0.25) is 0 Å². The summed E-state index contributed by atoms with van der Waals surface area (Å²) in [6.07, 6.45) is 2.46. The van der Waals surface area contributed by atoms with E-state index in [2.05, 4.69) is 15.2 Å². The molecular weight excluding hydrogens is 318 g/mol. The zero-order valence-corrected chi connectivity index (χ0v) is 12.9. The Balaban J connectivity index is 1.73. The minimum absolute atomic E-state index is 0.0995. The molecule has 0 unspecified atom stereocenters. The van der Waals surface area contributed by atoms with Crippen LogP contribution in [0.5, 0.6) is 0 Å². The number of rotatable bonds is 5. The second-order valence-corrected chi connectivity index (χ2v) is 6.57. The first-order valence-electron chi connectivity index (χ1n) is 6.35. The van der Waals surface area contributed by atoms with E-state index in [0.717, 1.165) is 15.2 Å². The number of thiophene rings is 1. The summed E-state index contributed by atoms with van der Waals surface area (Å²) in [6, 6.07) is 11.7. The van der Waals surface area contributed by atoms with Crippen LogP contribution in [0.25, 0.3) is 5.76 Å². The molecule has 2 heterocycles. The lowest BCUT2D eigenvalue weighted by molar-refractivity contribution is 0.104. The van der Waals surface area contributed by atoms with Crippen molar-refractivity contribution in [3.63, 3.8) is 0 Å². The van der Waals surface area contributed by atoms with Gasteiger partial charge in [-0.15, -0.1) is 11.3 Å². The third-order valence-corrected chi connectivity index (χ3v) is 4.82. The van der Waals surface area contributed by atoms with Crippen molar-refractivity contribution in [2.75, 3.05) is 0 Å². The number of nitrogens with one attached hydrogen (secondary N) is 1. The topological polar surface area (TPSA) is 78.9 Å². The van der Waals surface area contributed by atoms with E-state index < -0.39 is 0 Å². The van der Waals surface area contributed by atoms with E-state index in [1.54, 1.807) is 17.1 Å². The number of hydrogen-bond acceptors (Lipinski definition) is 6. The molecule has 110 valence electrons. The molecule has 3 aromatic rings. The number of hydrogen-bond donors (Lipinski definition) is 2. The van der Waals surface area contributed by atoms with Crippen molar-refractivity contribution in [3.8, 4) is 0 Å². The highest BCUT2D eigenvalue weighted by Gasteiger charge is 2.11. The van der Waals surface area contributed by atoms with Gasteiger partial charge in [0.1, 0.15) is 6.33 Å². The first kappa shape index (κ1) is 14.6. The van der Waals surface area contributed by atoms with Gasteiger partial charge < -0.3 is 5.11 Å². The van der Waals surface area contributed by atoms with Crippen molar-refractivity contribution >= 4 is 34.6 Å². The van der Waals surface area contributed by atoms with Gasteiger partial charge in [-0.05, 0) is 18.2 Å². The van der Waals surface area contributed by atoms with Gasteiger partial charge in [-0.1, -0.05) is 30.0 Å². The second kappa shape index (κ2) is 6.59. The lowest BCUT2D eigenvalue weighted by atomic mass is 10.2. The highest BCUT2D eigenvalue weighted by Crippen LogP contribution is 2.32. The predicted molar refractivity (Wildman–Crippen MR) is 86.2 cm³/mol. The fourth-order valence-electron chi connectivity index (χ4n) is 1.71. The molecule has 2 aromatic heterocycles. The second-order valence-electron chi connectivity index (χ2n) is 4.29. The van der Waals surface area contributed by atoms with Crippen LogP contribution in [0, 0.1) is 0 Å². The first-order chi connectivity index (χ1) is 10.7. The molecule has 1 aromatic carbocycles. The molecule has 0 bridgehead atoms. The van der Waals surface area contributed by atoms with Gasteiger partial charge >= 0.3 is 0 Å². The van der Waals surface area contributed by atoms with E-state index in [1.807, 2.05) is 36.4 Å². The molecule has 0 radical (unpaired) electrons. The summed E-state index contributed by atoms with van der Waals surface area (Å²) in [4.78, 5) is 17.0. The molecule has 22 heavy (non-hydrogen) atoms. The fourth-order valence-corrected chi connectivity index (χ4v) is 3.67. The maximum absolute atomic E-state index is 12.1. The van der Waals surface area contributed by atoms with Crippen LogP contribution in [0.3, 0.4) is 0 Å². The number of aliphatic hydroxyl groups is 1. The smallest absolute Gasteiger partial charge is 0.215 e. The lowest BCUT2D eigenvalue weighted by Crippen LogP contribution is -1.95. The summed E-state index contributed by atoms with van der Waals surface area (Å²) in [5.74, 6) is -0.435. The van der Waals surface area contributed by atoms with Gasteiger partial charge in [0.2, 0.25) is 5.82 Å². The largest absolute Gasteiger partial charge is 0.504 e. The van der Waals surface area contributed by atoms with Crippen molar-refractivity contribution in [2.24, 2.45) is 0 Å². The summed E-state index contributed by atoms with van der Waals surface area (Å²) in [7, 11) is 0. The van der Waals surface area contributed by atoms with Gasteiger partial charge in [0.25, 0.3) is 0 Å². The molecular formula is C15H11N3O2S2. The van der Waals surface area contributed by atoms with Crippen LogP contribution in [0.15, 0.2) is 63.3 Å². The summed E-state index contributed by atoms with van der Waals surface area (Å²) < 4.78 is 1.01. The van der Waals surface area contributed by atoms with E-state index in [-0.39, 0.29) is 17.4 Å². The Bertz CT molecular complexity index is 795. The molecule has 0 saturated carbocycles. The third-order valence-electron chi connectivity index (χ3n) is 2.73. The van der Waals surface area contributed by atoms with Crippen LogP contribution < -0.4 is 0 Å². The SMILES string of the molecule is O=C(C=C(O)c1nc[nH]n1)c1csc(Sc2ccccc2)c1. The van der Waals surface area contributed by atoms with E-state index >= 15 is 0 Å². The number of nitrogens with zero attached hydrogens (tertiary/aromatic N) is 2. The first-order valence-corrected chi connectivity index (χ1v) is 8.04. The summed E-state index contributed by atoms with van der Waals surface area (Å²) in [5.41, 5.74) is 0.533. The number of ketones is 1. The Morgan fingerprint density at radius 3 is 2.86 bits per heavy atom. The average Bonchev–Trinajstić information content (AvgIpc) is 3.19. The zero-order chi connectivity index (χ0) is 15.4. The van der Waals surface area contributed by atoms with Crippen LogP contribution in [0.4, 0.5) is 0 Å². The zero-order valence-electron chi connectivity index (χ0n) is 11.3. The maximum atomic E-state index is 12.1. The maximum Gasteiger partial charge on any atom is 0.215 e. The number of aromatic amines is 1. The molecule has 7 heteroatoms. The van der Waals surface area contributed by atoms with Crippen LogP contribution in [-0.2, 0) is 0 Å². The Labute approximate surface area is 134 Å². The standard InChI is InChI=1S/C15H11N3O2S2/c19-12(7-13(20)15-16-9-17-18-15)10-6-14(21-8-10)22-11-4-2-1-3-5-11/h1-9,20H,(H,16,17,18).